The van der Waals surface area contributed by atoms with E-state index in [1.165, 1.54) is 43.5 Å². The van der Waals surface area contributed by atoms with Gasteiger partial charge in [-0.15, -0.1) is 17.0 Å². The van der Waals surface area contributed by atoms with Gasteiger partial charge in [0.1, 0.15) is 0 Å². The first-order chi connectivity index (χ1) is 9.33. The monoisotopic (exact) mass is 338 g/mol. The van der Waals surface area contributed by atoms with E-state index in [1.54, 1.807) is 0 Å². The summed E-state index contributed by atoms with van der Waals surface area (Å²) in [5.41, 5.74) is 2.70. The average molecular weight is 339 g/mol. The van der Waals surface area contributed by atoms with Gasteiger partial charge in [0.05, 0.1) is 6.67 Å². The highest BCUT2D eigenvalue weighted by Crippen LogP contribution is 2.20. The van der Waals surface area contributed by atoms with Crippen LogP contribution in [-0.4, -0.2) is 18.1 Å². The average Bonchev–Trinajstić information content (AvgIpc) is 2.92. The van der Waals surface area contributed by atoms with Crippen LogP contribution < -0.4 is 4.90 Å². The summed E-state index contributed by atoms with van der Waals surface area (Å²) in [6, 6.07) is 8.91. The Labute approximate surface area is 134 Å². The highest BCUT2D eigenvalue weighted by molar-refractivity contribution is 8.93. The van der Waals surface area contributed by atoms with Gasteiger partial charge in [0, 0.05) is 24.6 Å². The van der Waals surface area contributed by atoms with E-state index < -0.39 is 0 Å². The molecule has 2 rings (SSSR count). The van der Waals surface area contributed by atoms with Gasteiger partial charge in [-0.25, -0.2) is 0 Å². The topological polar surface area (TPSA) is 6.48 Å². The minimum absolute atomic E-state index is 0. The normalized spacial score (nSPS) is 13.7. The zero-order chi connectivity index (χ0) is 13.5. The van der Waals surface area contributed by atoms with Gasteiger partial charge in [-0.05, 0) is 30.5 Å². The fourth-order valence-electron chi connectivity index (χ4n) is 2.44. The summed E-state index contributed by atoms with van der Waals surface area (Å²) in [5, 5.41) is 0. The standard InChI is InChI=1S/C17H26N2.BrH/c1-3-5-6-7-12-18-13-14-19(15-18)17-10-8-16(4-2)9-11-17;/h8-11,13-14H,3-7,12,15H2,1-2H3;1H. The van der Waals surface area contributed by atoms with E-state index in [0.29, 0.717) is 0 Å². The van der Waals surface area contributed by atoms with Crippen LogP contribution in [0.4, 0.5) is 5.69 Å². The molecule has 2 nitrogen and oxygen atoms in total. The van der Waals surface area contributed by atoms with Crippen LogP contribution >= 0.6 is 17.0 Å². The fourth-order valence-corrected chi connectivity index (χ4v) is 2.44. The van der Waals surface area contributed by atoms with Crippen molar-refractivity contribution in [2.24, 2.45) is 0 Å². The van der Waals surface area contributed by atoms with Crippen molar-refractivity contribution in [2.75, 3.05) is 18.1 Å². The quantitative estimate of drug-likeness (QED) is 0.648. The second-order valence-corrected chi connectivity index (χ2v) is 5.30. The summed E-state index contributed by atoms with van der Waals surface area (Å²) in [6.07, 6.45) is 10.9. The highest BCUT2D eigenvalue weighted by atomic mass is 79.9. The minimum atomic E-state index is 0. The largest absolute Gasteiger partial charge is 0.358 e. The minimum Gasteiger partial charge on any atom is -0.358 e. The van der Waals surface area contributed by atoms with Gasteiger partial charge in [-0.2, -0.15) is 0 Å². The highest BCUT2D eigenvalue weighted by Gasteiger charge is 2.12. The summed E-state index contributed by atoms with van der Waals surface area (Å²) in [5.74, 6) is 0. The number of hydrogen-bond donors (Lipinski definition) is 0. The molecule has 20 heavy (non-hydrogen) atoms. The molecular weight excluding hydrogens is 312 g/mol. The smallest absolute Gasteiger partial charge is 0.0941 e. The van der Waals surface area contributed by atoms with Crippen molar-refractivity contribution in [3.8, 4) is 0 Å². The number of rotatable bonds is 7. The van der Waals surface area contributed by atoms with E-state index in [4.69, 9.17) is 0 Å². The van der Waals surface area contributed by atoms with Gasteiger partial charge in [-0.3, -0.25) is 0 Å². The Morgan fingerprint density at radius 2 is 1.70 bits per heavy atom. The number of hydrogen-bond acceptors (Lipinski definition) is 2. The molecule has 0 bridgehead atoms. The van der Waals surface area contributed by atoms with E-state index in [0.717, 1.165) is 13.1 Å². The zero-order valence-electron chi connectivity index (χ0n) is 12.7. The van der Waals surface area contributed by atoms with Crippen LogP contribution in [0.25, 0.3) is 0 Å². The second kappa shape index (κ2) is 9.06. The zero-order valence-corrected chi connectivity index (χ0v) is 14.4. The Hall–Kier alpha value is -0.960. The van der Waals surface area contributed by atoms with Gasteiger partial charge in [0.25, 0.3) is 0 Å². The summed E-state index contributed by atoms with van der Waals surface area (Å²) < 4.78 is 0. The molecule has 1 aromatic rings. The molecule has 3 heteroatoms. The maximum Gasteiger partial charge on any atom is 0.0941 e. The molecule has 0 N–H and O–H groups in total. The van der Waals surface area contributed by atoms with Crippen molar-refractivity contribution in [3.05, 3.63) is 42.2 Å². The lowest BCUT2D eigenvalue weighted by atomic mass is 10.1. The van der Waals surface area contributed by atoms with Gasteiger partial charge in [0.15, 0.2) is 0 Å². The number of aryl methyl sites for hydroxylation is 1. The Kier molecular flexibility index (Phi) is 7.75. The predicted octanol–water partition coefficient (Wildman–Crippen LogP) is 4.96. The SMILES string of the molecule is Br.CCCCCCN1C=CN(c2ccc(CC)cc2)C1. The lowest BCUT2D eigenvalue weighted by Crippen LogP contribution is -2.25. The van der Waals surface area contributed by atoms with Crippen LogP contribution in [0.2, 0.25) is 0 Å². The molecule has 0 radical (unpaired) electrons. The van der Waals surface area contributed by atoms with Crippen molar-refractivity contribution in [1.82, 2.24) is 4.90 Å². The molecular formula is C17H27BrN2. The number of unbranched alkanes of at least 4 members (excludes halogenated alkanes) is 3. The summed E-state index contributed by atoms with van der Waals surface area (Å²) >= 11 is 0. The molecule has 1 aliphatic heterocycles. The van der Waals surface area contributed by atoms with Crippen molar-refractivity contribution in [3.63, 3.8) is 0 Å². The molecule has 0 aromatic heterocycles. The van der Waals surface area contributed by atoms with Crippen LogP contribution in [0.15, 0.2) is 36.7 Å². The molecule has 1 aliphatic rings. The van der Waals surface area contributed by atoms with Crippen molar-refractivity contribution >= 4 is 22.7 Å². The first-order valence-electron chi connectivity index (χ1n) is 7.61. The van der Waals surface area contributed by atoms with Gasteiger partial charge < -0.3 is 9.80 Å². The maximum absolute atomic E-state index is 2.41. The fraction of sp³-hybridized carbons (Fsp3) is 0.529. The number of halogens is 1. The van der Waals surface area contributed by atoms with Crippen LogP contribution in [0.1, 0.15) is 45.1 Å². The molecule has 0 amide bonds. The van der Waals surface area contributed by atoms with E-state index >= 15 is 0 Å². The Morgan fingerprint density at radius 1 is 0.950 bits per heavy atom. The van der Waals surface area contributed by atoms with Crippen LogP contribution in [0.3, 0.4) is 0 Å². The molecule has 0 saturated carbocycles. The third-order valence-electron chi connectivity index (χ3n) is 3.77. The second-order valence-electron chi connectivity index (χ2n) is 5.30. The van der Waals surface area contributed by atoms with Crippen molar-refractivity contribution in [2.45, 2.75) is 46.0 Å². The Morgan fingerprint density at radius 3 is 2.35 bits per heavy atom. The Bertz CT molecular complexity index is 400. The molecule has 112 valence electrons. The van der Waals surface area contributed by atoms with Crippen molar-refractivity contribution < 1.29 is 0 Å². The molecule has 0 unspecified atom stereocenters. The van der Waals surface area contributed by atoms with Crippen LogP contribution in [-0.2, 0) is 6.42 Å². The molecule has 0 fully saturated rings. The van der Waals surface area contributed by atoms with Gasteiger partial charge in [0.2, 0.25) is 0 Å². The van der Waals surface area contributed by atoms with Crippen molar-refractivity contribution in [1.29, 1.82) is 0 Å². The lowest BCUT2D eigenvalue weighted by Gasteiger charge is -2.21. The number of benzene rings is 1. The first-order valence-corrected chi connectivity index (χ1v) is 7.61. The third-order valence-corrected chi connectivity index (χ3v) is 3.77. The Balaban J connectivity index is 0.00000200. The first kappa shape index (κ1) is 17.1. The van der Waals surface area contributed by atoms with E-state index in [2.05, 4.69) is 60.3 Å². The maximum atomic E-state index is 2.41. The molecule has 1 heterocycles. The molecule has 0 aliphatic carbocycles. The van der Waals surface area contributed by atoms with Crippen LogP contribution in [0, 0.1) is 0 Å². The van der Waals surface area contributed by atoms with E-state index in [9.17, 15) is 0 Å². The third kappa shape index (κ3) is 4.86. The summed E-state index contributed by atoms with van der Waals surface area (Å²) in [6.45, 7) is 6.64. The lowest BCUT2D eigenvalue weighted by molar-refractivity contribution is 0.390. The molecule has 0 spiro atoms. The molecule has 0 saturated heterocycles. The summed E-state index contributed by atoms with van der Waals surface area (Å²) in [4.78, 5) is 4.72. The predicted molar refractivity (Wildman–Crippen MR) is 93.5 cm³/mol. The molecule has 1 aromatic carbocycles. The van der Waals surface area contributed by atoms with Gasteiger partial charge >= 0.3 is 0 Å². The summed E-state index contributed by atoms with van der Waals surface area (Å²) in [7, 11) is 0. The van der Waals surface area contributed by atoms with Gasteiger partial charge in [-0.1, -0.05) is 45.2 Å². The molecule has 0 atom stereocenters. The van der Waals surface area contributed by atoms with E-state index in [1.807, 2.05) is 0 Å². The van der Waals surface area contributed by atoms with E-state index in [-0.39, 0.29) is 17.0 Å². The number of nitrogens with zero attached hydrogens (tertiary/aromatic N) is 2. The number of anilines is 1. The van der Waals surface area contributed by atoms with Crippen LogP contribution in [0.5, 0.6) is 0 Å².